The average molecular weight is 168 g/mol. The lowest BCUT2D eigenvalue weighted by atomic mass is 10.2. The molecule has 2 amide bonds. The van der Waals surface area contributed by atoms with Gasteiger partial charge >= 0.3 is 0 Å². The Morgan fingerprint density at radius 2 is 2.09 bits per heavy atom. The third-order valence-corrected chi connectivity index (χ3v) is 2.28. The van der Waals surface area contributed by atoms with E-state index in [1.165, 1.54) is 11.5 Å². The molecule has 1 N–H and O–H groups in total. The maximum Gasteiger partial charge on any atom is 0.278 e. The van der Waals surface area contributed by atoms with Crippen LogP contribution < -0.4 is 5.32 Å². The van der Waals surface area contributed by atoms with Gasteiger partial charge in [-0.2, -0.15) is 4.37 Å². The van der Waals surface area contributed by atoms with Crippen LogP contribution in [0.2, 0.25) is 0 Å². The molecule has 0 atom stereocenters. The molecular weight excluding hydrogens is 164 g/mol. The van der Waals surface area contributed by atoms with E-state index < -0.39 is 0 Å². The Hall–Kier alpha value is -1.23. The highest BCUT2D eigenvalue weighted by atomic mass is 32.1. The number of nitrogens with one attached hydrogen (secondary N) is 1. The van der Waals surface area contributed by atoms with Crippen LogP contribution in [0.5, 0.6) is 0 Å². The van der Waals surface area contributed by atoms with E-state index in [2.05, 4.69) is 9.69 Å². The molecule has 1 aromatic heterocycles. The number of imide groups is 1. The molecule has 0 radical (unpaired) electrons. The van der Waals surface area contributed by atoms with Gasteiger partial charge in [-0.05, 0) is 18.5 Å². The molecule has 11 heavy (non-hydrogen) atoms. The Morgan fingerprint density at radius 3 is 2.73 bits per heavy atom. The molecule has 0 aromatic carbocycles. The number of hydrogen-bond acceptors (Lipinski definition) is 4. The van der Waals surface area contributed by atoms with Crippen LogP contribution in [0.25, 0.3) is 0 Å². The van der Waals surface area contributed by atoms with Gasteiger partial charge < -0.3 is 0 Å². The largest absolute Gasteiger partial charge is 0.287 e. The van der Waals surface area contributed by atoms with E-state index in [1.807, 2.05) is 0 Å². The topological polar surface area (TPSA) is 59.1 Å². The van der Waals surface area contributed by atoms with Gasteiger partial charge in [0.2, 0.25) is 0 Å². The number of hydrogen-bond donors (Lipinski definition) is 1. The lowest BCUT2D eigenvalue weighted by Gasteiger charge is -1.86. The summed E-state index contributed by atoms with van der Waals surface area (Å²) >= 11 is 1.18. The summed E-state index contributed by atoms with van der Waals surface area (Å²) in [5, 5.41) is 2.17. The quantitative estimate of drug-likeness (QED) is 0.568. The number of aryl methyl sites for hydroxylation is 1. The molecule has 0 bridgehead atoms. The number of nitrogens with zero attached hydrogens (tertiary/aromatic N) is 1. The third kappa shape index (κ3) is 0.711. The first-order chi connectivity index (χ1) is 5.20. The summed E-state index contributed by atoms with van der Waals surface area (Å²) < 4.78 is 3.84. The summed E-state index contributed by atoms with van der Waals surface area (Å²) in [5.41, 5.74) is 0.720. The van der Waals surface area contributed by atoms with Gasteiger partial charge in [-0.1, -0.05) is 0 Å². The number of carbonyl (C=O) groups is 2. The maximum atomic E-state index is 11.0. The van der Waals surface area contributed by atoms with Crippen molar-refractivity contribution in [2.45, 2.75) is 6.92 Å². The minimum absolute atomic E-state index is 0.275. The third-order valence-electron chi connectivity index (χ3n) is 1.53. The summed E-state index contributed by atoms with van der Waals surface area (Å²) in [4.78, 5) is 22.7. The average Bonchev–Trinajstić information content (AvgIpc) is 2.41. The number of fused-ring (bicyclic) bond motifs is 1. The van der Waals surface area contributed by atoms with Gasteiger partial charge in [0, 0.05) is 4.88 Å². The summed E-state index contributed by atoms with van der Waals surface area (Å²) in [7, 11) is 0. The number of amides is 2. The van der Waals surface area contributed by atoms with E-state index in [0.717, 1.165) is 4.88 Å². The molecule has 4 nitrogen and oxygen atoms in total. The number of carbonyl (C=O) groups excluding carboxylic acids is 2. The number of rotatable bonds is 0. The molecular formula is C6H4N2O2S. The van der Waals surface area contributed by atoms with Gasteiger partial charge in [0.1, 0.15) is 0 Å². The van der Waals surface area contributed by atoms with Crippen molar-refractivity contribution in [2.24, 2.45) is 0 Å². The molecule has 1 aliphatic heterocycles. The smallest absolute Gasteiger partial charge is 0.278 e. The predicted molar refractivity (Wildman–Crippen MR) is 38.6 cm³/mol. The van der Waals surface area contributed by atoms with Crippen molar-refractivity contribution in [3.05, 3.63) is 16.1 Å². The molecule has 1 aromatic rings. The minimum atomic E-state index is -0.380. The maximum absolute atomic E-state index is 11.0. The highest BCUT2D eigenvalue weighted by Crippen LogP contribution is 2.21. The van der Waals surface area contributed by atoms with Crippen LogP contribution in [0, 0.1) is 6.92 Å². The highest BCUT2D eigenvalue weighted by molar-refractivity contribution is 7.06. The van der Waals surface area contributed by atoms with E-state index in [9.17, 15) is 9.59 Å². The number of aromatic nitrogens is 1. The monoisotopic (exact) mass is 168 g/mol. The molecule has 2 rings (SSSR count). The second-order valence-electron chi connectivity index (χ2n) is 2.25. The normalized spacial score (nSPS) is 15.0. The molecule has 0 saturated heterocycles. The Morgan fingerprint density at radius 1 is 1.36 bits per heavy atom. The predicted octanol–water partition coefficient (Wildman–Crippen LogP) is 0.335. The van der Waals surface area contributed by atoms with E-state index >= 15 is 0 Å². The van der Waals surface area contributed by atoms with Crippen LogP contribution in [0.15, 0.2) is 0 Å². The molecule has 5 heteroatoms. The van der Waals surface area contributed by atoms with Crippen molar-refractivity contribution in [1.29, 1.82) is 0 Å². The highest BCUT2D eigenvalue weighted by Gasteiger charge is 2.31. The Balaban J connectivity index is 2.72. The molecule has 0 spiro atoms. The van der Waals surface area contributed by atoms with Crippen molar-refractivity contribution in [3.8, 4) is 0 Å². The van der Waals surface area contributed by atoms with Crippen molar-refractivity contribution < 1.29 is 9.59 Å². The van der Waals surface area contributed by atoms with Crippen molar-refractivity contribution >= 4 is 23.3 Å². The van der Waals surface area contributed by atoms with Crippen LogP contribution in [0.3, 0.4) is 0 Å². The first-order valence-electron chi connectivity index (χ1n) is 3.02. The van der Waals surface area contributed by atoms with Gasteiger partial charge in [0.05, 0.1) is 5.56 Å². The second kappa shape index (κ2) is 1.88. The first kappa shape index (κ1) is 6.48. The first-order valence-corrected chi connectivity index (χ1v) is 3.79. The zero-order chi connectivity index (χ0) is 8.01. The molecule has 1 aliphatic rings. The van der Waals surface area contributed by atoms with Gasteiger partial charge in [-0.25, -0.2) is 0 Å². The summed E-state index contributed by atoms with van der Waals surface area (Å²) in [6.07, 6.45) is 0. The lowest BCUT2D eigenvalue weighted by Crippen LogP contribution is -2.20. The van der Waals surface area contributed by atoms with Crippen LogP contribution in [-0.2, 0) is 0 Å². The minimum Gasteiger partial charge on any atom is -0.287 e. The second-order valence-corrected chi connectivity index (χ2v) is 3.22. The van der Waals surface area contributed by atoms with E-state index in [4.69, 9.17) is 0 Å². The fourth-order valence-electron chi connectivity index (χ4n) is 1.02. The standard InChI is InChI=1S/C6H4N2O2S/c1-2-3-4(8-11-2)6(10)7-5(3)9/h1H3,(H,7,9,10). The molecule has 0 fully saturated rings. The molecule has 0 unspecified atom stereocenters. The van der Waals surface area contributed by atoms with Gasteiger partial charge in [-0.15, -0.1) is 0 Å². The molecule has 0 saturated carbocycles. The van der Waals surface area contributed by atoms with Crippen LogP contribution in [0.1, 0.15) is 25.7 Å². The summed E-state index contributed by atoms with van der Waals surface area (Å²) in [5.74, 6) is -0.703. The fourth-order valence-corrected chi connectivity index (χ4v) is 1.70. The van der Waals surface area contributed by atoms with Gasteiger partial charge in [-0.3, -0.25) is 14.9 Å². The van der Waals surface area contributed by atoms with Gasteiger partial charge in [0.15, 0.2) is 5.69 Å². The molecule has 0 aliphatic carbocycles. The van der Waals surface area contributed by atoms with Crippen LogP contribution in [0.4, 0.5) is 0 Å². The zero-order valence-corrected chi connectivity index (χ0v) is 6.49. The van der Waals surface area contributed by atoms with Crippen LogP contribution >= 0.6 is 11.5 Å². The van der Waals surface area contributed by atoms with E-state index in [-0.39, 0.29) is 17.5 Å². The Labute approximate surface area is 66.4 Å². The SMILES string of the molecule is Cc1snc2c1C(=O)NC2=O. The molecule has 2 heterocycles. The molecule has 56 valence electrons. The Bertz CT molecular complexity index is 355. The Kier molecular flexibility index (Phi) is 1.11. The van der Waals surface area contributed by atoms with Crippen LogP contribution in [-0.4, -0.2) is 16.2 Å². The van der Waals surface area contributed by atoms with Crippen molar-refractivity contribution in [3.63, 3.8) is 0 Å². The van der Waals surface area contributed by atoms with Crippen molar-refractivity contribution in [2.75, 3.05) is 0 Å². The van der Waals surface area contributed by atoms with Gasteiger partial charge in [0.25, 0.3) is 11.8 Å². The lowest BCUT2D eigenvalue weighted by molar-refractivity contribution is 0.0878. The fraction of sp³-hybridized carbons (Fsp3) is 0.167. The van der Waals surface area contributed by atoms with Crippen molar-refractivity contribution in [1.82, 2.24) is 9.69 Å². The van der Waals surface area contributed by atoms with E-state index in [1.54, 1.807) is 6.92 Å². The van der Waals surface area contributed by atoms with E-state index in [0.29, 0.717) is 5.56 Å². The summed E-state index contributed by atoms with van der Waals surface area (Å²) in [6, 6.07) is 0. The zero-order valence-electron chi connectivity index (χ0n) is 5.67. The summed E-state index contributed by atoms with van der Waals surface area (Å²) in [6.45, 7) is 1.77.